The Morgan fingerprint density at radius 2 is 1.75 bits per heavy atom. The zero-order chi connectivity index (χ0) is 19.8. The molecule has 1 atom stereocenters. The minimum Gasteiger partial charge on any atom is -0.467 e. The number of ether oxygens (including phenoxy) is 1. The van der Waals surface area contributed by atoms with Gasteiger partial charge >= 0.3 is 0 Å². The largest absolute Gasteiger partial charge is 0.467 e. The summed E-state index contributed by atoms with van der Waals surface area (Å²) in [5.74, 6) is 0.0326. The van der Waals surface area contributed by atoms with Gasteiger partial charge in [0.25, 0.3) is 11.8 Å². The molecule has 0 saturated heterocycles. The lowest BCUT2D eigenvalue weighted by atomic mass is 10.1. The molecule has 28 heavy (non-hydrogen) atoms. The van der Waals surface area contributed by atoms with E-state index in [1.165, 1.54) is 0 Å². The molecular weight excluding hydrogens is 356 g/mol. The van der Waals surface area contributed by atoms with E-state index >= 15 is 0 Å². The zero-order valence-electron chi connectivity index (χ0n) is 15.6. The molecule has 2 N–H and O–H groups in total. The second-order valence-corrected chi connectivity index (χ2v) is 6.24. The minimum absolute atomic E-state index is 0.269. The first-order valence-corrected chi connectivity index (χ1v) is 8.99. The van der Waals surface area contributed by atoms with Crippen molar-refractivity contribution >= 4 is 17.5 Å². The predicted octanol–water partition coefficient (Wildman–Crippen LogP) is 3.75. The van der Waals surface area contributed by atoms with Gasteiger partial charge in [0.15, 0.2) is 0 Å². The molecule has 0 aliphatic heterocycles. The lowest BCUT2D eigenvalue weighted by Crippen LogP contribution is -2.29. The van der Waals surface area contributed by atoms with Gasteiger partial charge in [-0.05, 0) is 36.8 Å². The molecule has 1 heterocycles. The number of nitrogens with one attached hydrogen (secondary N) is 2. The van der Waals surface area contributed by atoms with Gasteiger partial charge in [-0.1, -0.05) is 42.5 Å². The Kier molecular flexibility index (Phi) is 6.59. The van der Waals surface area contributed by atoms with Crippen molar-refractivity contribution in [2.24, 2.45) is 0 Å². The Hall–Kier alpha value is -3.38. The Morgan fingerprint density at radius 1 is 1.00 bits per heavy atom. The molecule has 144 valence electrons. The third-order valence-corrected chi connectivity index (χ3v) is 4.14. The van der Waals surface area contributed by atoms with Gasteiger partial charge in [0.05, 0.1) is 30.7 Å². The van der Waals surface area contributed by atoms with E-state index in [9.17, 15) is 9.59 Å². The van der Waals surface area contributed by atoms with Gasteiger partial charge in [-0.15, -0.1) is 0 Å². The lowest BCUT2D eigenvalue weighted by molar-refractivity contribution is -0.127. The van der Waals surface area contributed by atoms with Crippen LogP contribution in [0.2, 0.25) is 0 Å². The van der Waals surface area contributed by atoms with E-state index in [0.717, 1.165) is 5.56 Å². The number of hydrogen-bond acceptors (Lipinski definition) is 4. The van der Waals surface area contributed by atoms with Crippen LogP contribution in [0.3, 0.4) is 0 Å². The average Bonchev–Trinajstić information content (AvgIpc) is 3.25. The zero-order valence-corrected chi connectivity index (χ0v) is 15.6. The summed E-state index contributed by atoms with van der Waals surface area (Å²) in [5.41, 5.74) is 1.79. The van der Waals surface area contributed by atoms with Crippen LogP contribution in [-0.2, 0) is 22.7 Å². The molecule has 2 aromatic carbocycles. The quantitative estimate of drug-likeness (QED) is 0.625. The van der Waals surface area contributed by atoms with E-state index in [2.05, 4.69) is 10.6 Å². The van der Waals surface area contributed by atoms with Gasteiger partial charge < -0.3 is 19.8 Å². The number of hydrogen-bond donors (Lipinski definition) is 2. The van der Waals surface area contributed by atoms with Gasteiger partial charge in [0, 0.05) is 0 Å². The maximum absolute atomic E-state index is 12.5. The highest BCUT2D eigenvalue weighted by Gasteiger charge is 2.17. The van der Waals surface area contributed by atoms with Crippen molar-refractivity contribution in [3.63, 3.8) is 0 Å². The molecule has 6 nitrogen and oxygen atoms in total. The van der Waals surface area contributed by atoms with Gasteiger partial charge in [-0.25, -0.2) is 0 Å². The number of para-hydroxylation sites is 1. The molecule has 0 aliphatic rings. The molecule has 0 fully saturated rings. The van der Waals surface area contributed by atoms with Crippen LogP contribution < -0.4 is 10.6 Å². The Bertz CT molecular complexity index is 907. The fourth-order valence-electron chi connectivity index (χ4n) is 2.57. The minimum atomic E-state index is -0.667. The molecule has 0 spiro atoms. The van der Waals surface area contributed by atoms with Crippen molar-refractivity contribution in [2.45, 2.75) is 26.2 Å². The molecule has 1 unspecified atom stereocenters. The normalized spacial score (nSPS) is 11.6. The summed E-state index contributed by atoms with van der Waals surface area (Å²) in [4.78, 5) is 25.0. The predicted molar refractivity (Wildman–Crippen MR) is 106 cm³/mol. The van der Waals surface area contributed by atoms with Crippen molar-refractivity contribution in [3.05, 3.63) is 89.9 Å². The highest BCUT2D eigenvalue weighted by atomic mass is 16.5. The van der Waals surface area contributed by atoms with Crippen LogP contribution in [0.1, 0.15) is 28.6 Å². The molecule has 0 saturated carbocycles. The van der Waals surface area contributed by atoms with Crippen LogP contribution in [0.25, 0.3) is 0 Å². The summed E-state index contributed by atoms with van der Waals surface area (Å²) in [6, 6.07) is 20.0. The Balaban J connectivity index is 1.58. The molecule has 2 amide bonds. The molecule has 3 aromatic rings. The van der Waals surface area contributed by atoms with Crippen LogP contribution in [0.4, 0.5) is 5.69 Å². The van der Waals surface area contributed by atoms with Crippen LogP contribution in [0, 0.1) is 0 Å². The third kappa shape index (κ3) is 5.31. The number of carbonyl (C=O) groups is 2. The molecule has 0 radical (unpaired) electrons. The fraction of sp³-hybridized carbons (Fsp3) is 0.182. The smallest absolute Gasteiger partial charge is 0.253 e. The van der Waals surface area contributed by atoms with E-state index < -0.39 is 6.10 Å². The van der Waals surface area contributed by atoms with Gasteiger partial charge in [-0.3, -0.25) is 9.59 Å². The Labute approximate surface area is 163 Å². The summed E-state index contributed by atoms with van der Waals surface area (Å²) in [7, 11) is 0. The Morgan fingerprint density at radius 3 is 2.50 bits per heavy atom. The van der Waals surface area contributed by atoms with E-state index in [0.29, 0.717) is 23.6 Å². The standard InChI is InChI=1S/C22H22N2O4/c1-16(28-15-17-8-3-2-4-9-17)21(25)24-20-12-6-5-11-19(20)22(26)23-14-18-10-7-13-27-18/h2-13,16H,14-15H2,1H3,(H,23,26)(H,24,25). The maximum atomic E-state index is 12.5. The average molecular weight is 378 g/mol. The van der Waals surface area contributed by atoms with E-state index in [1.54, 1.807) is 49.6 Å². The monoisotopic (exact) mass is 378 g/mol. The highest BCUT2D eigenvalue weighted by molar-refractivity contribution is 6.04. The second kappa shape index (κ2) is 9.53. The van der Waals surface area contributed by atoms with Crippen molar-refractivity contribution in [1.82, 2.24) is 5.32 Å². The third-order valence-electron chi connectivity index (χ3n) is 4.14. The molecular formula is C22H22N2O4. The summed E-state index contributed by atoms with van der Waals surface area (Å²) in [5, 5.41) is 5.55. The summed E-state index contributed by atoms with van der Waals surface area (Å²) >= 11 is 0. The molecule has 6 heteroatoms. The van der Waals surface area contributed by atoms with Crippen LogP contribution in [0.5, 0.6) is 0 Å². The number of rotatable bonds is 8. The SMILES string of the molecule is CC(OCc1ccccc1)C(=O)Nc1ccccc1C(=O)NCc1ccco1. The molecule has 3 rings (SSSR count). The first-order chi connectivity index (χ1) is 13.6. The molecule has 0 bridgehead atoms. The first kappa shape index (κ1) is 19.4. The molecule has 0 aliphatic carbocycles. The lowest BCUT2D eigenvalue weighted by Gasteiger charge is -2.15. The maximum Gasteiger partial charge on any atom is 0.253 e. The van der Waals surface area contributed by atoms with E-state index in [4.69, 9.17) is 9.15 Å². The van der Waals surface area contributed by atoms with Crippen molar-refractivity contribution in [2.75, 3.05) is 5.32 Å². The number of amides is 2. The van der Waals surface area contributed by atoms with Gasteiger partial charge in [0.1, 0.15) is 11.9 Å². The van der Waals surface area contributed by atoms with Crippen LogP contribution >= 0.6 is 0 Å². The van der Waals surface area contributed by atoms with Crippen molar-refractivity contribution in [3.8, 4) is 0 Å². The van der Waals surface area contributed by atoms with E-state index in [-0.39, 0.29) is 18.4 Å². The van der Waals surface area contributed by atoms with E-state index in [1.807, 2.05) is 30.3 Å². The van der Waals surface area contributed by atoms with Crippen molar-refractivity contribution in [1.29, 1.82) is 0 Å². The van der Waals surface area contributed by atoms with Crippen LogP contribution in [0.15, 0.2) is 77.4 Å². The van der Waals surface area contributed by atoms with Gasteiger partial charge in [-0.2, -0.15) is 0 Å². The van der Waals surface area contributed by atoms with Crippen LogP contribution in [-0.4, -0.2) is 17.9 Å². The summed E-state index contributed by atoms with van der Waals surface area (Å²) in [6.45, 7) is 2.28. The molecule has 1 aromatic heterocycles. The number of furan rings is 1. The second-order valence-electron chi connectivity index (χ2n) is 6.24. The summed E-state index contributed by atoms with van der Waals surface area (Å²) in [6.07, 6.45) is 0.881. The summed E-state index contributed by atoms with van der Waals surface area (Å²) < 4.78 is 10.8. The fourth-order valence-corrected chi connectivity index (χ4v) is 2.57. The van der Waals surface area contributed by atoms with Gasteiger partial charge in [0.2, 0.25) is 0 Å². The highest BCUT2D eigenvalue weighted by Crippen LogP contribution is 2.16. The number of anilines is 1. The number of carbonyl (C=O) groups excluding carboxylic acids is 2. The number of benzene rings is 2. The van der Waals surface area contributed by atoms with Crippen molar-refractivity contribution < 1.29 is 18.7 Å². The topological polar surface area (TPSA) is 80.6 Å². The first-order valence-electron chi connectivity index (χ1n) is 8.99.